The maximum atomic E-state index is 13.0. The molecule has 0 aliphatic carbocycles. The molecular formula is C13H13F2NO. The van der Waals surface area contributed by atoms with Crippen LogP contribution in [0.2, 0.25) is 0 Å². The van der Waals surface area contributed by atoms with E-state index in [1.165, 1.54) is 0 Å². The number of nitrogens with zero attached hydrogens (tertiary/aromatic N) is 1. The number of carbonyl (C=O) groups is 1. The van der Waals surface area contributed by atoms with Crippen LogP contribution in [0.15, 0.2) is 18.2 Å². The lowest BCUT2D eigenvalue weighted by Crippen LogP contribution is -2.13. The number of ketones is 1. The third kappa shape index (κ3) is 3.63. The molecule has 4 heteroatoms. The van der Waals surface area contributed by atoms with E-state index in [-0.39, 0.29) is 23.7 Å². The molecule has 1 aromatic rings. The molecule has 0 bridgehead atoms. The van der Waals surface area contributed by atoms with Crippen LogP contribution in [0, 0.1) is 28.9 Å². The molecule has 0 spiro atoms. The van der Waals surface area contributed by atoms with Gasteiger partial charge in [-0.25, -0.2) is 8.78 Å². The van der Waals surface area contributed by atoms with Crippen LogP contribution in [-0.4, -0.2) is 5.78 Å². The number of nitriles is 1. The largest absolute Gasteiger partial charge is 0.298 e. The highest BCUT2D eigenvalue weighted by Gasteiger charge is 2.22. The van der Waals surface area contributed by atoms with Crippen molar-refractivity contribution in [3.8, 4) is 6.07 Å². The number of hydrogen-bond donors (Lipinski definition) is 0. The highest BCUT2D eigenvalue weighted by molar-refractivity contribution is 5.88. The van der Waals surface area contributed by atoms with Gasteiger partial charge in [-0.2, -0.15) is 5.26 Å². The first-order chi connectivity index (χ1) is 7.93. The Balaban J connectivity index is 3.02. The number of carbonyl (C=O) groups excluding carboxylic acids is 1. The maximum absolute atomic E-state index is 13.0. The van der Waals surface area contributed by atoms with Crippen LogP contribution in [0.1, 0.15) is 31.7 Å². The normalized spacial score (nSPS) is 12.2. The lowest BCUT2D eigenvalue weighted by Gasteiger charge is -2.10. The zero-order chi connectivity index (χ0) is 13.0. The molecule has 0 aliphatic rings. The van der Waals surface area contributed by atoms with E-state index < -0.39 is 17.6 Å². The lowest BCUT2D eigenvalue weighted by molar-refractivity contribution is -0.120. The predicted molar refractivity (Wildman–Crippen MR) is 59.2 cm³/mol. The molecule has 1 rings (SSSR count). The van der Waals surface area contributed by atoms with Gasteiger partial charge in [-0.1, -0.05) is 13.8 Å². The second kappa shape index (κ2) is 5.53. The fourth-order valence-electron chi connectivity index (χ4n) is 1.59. The molecule has 0 N–H and O–H groups in total. The lowest BCUT2D eigenvalue weighted by atomic mass is 9.91. The molecule has 0 aromatic heterocycles. The van der Waals surface area contributed by atoms with Gasteiger partial charge in [0, 0.05) is 12.5 Å². The molecule has 0 saturated carbocycles. The topological polar surface area (TPSA) is 40.9 Å². The van der Waals surface area contributed by atoms with Crippen LogP contribution in [0.5, 0.6) is 0 Å². The zero-order valence-electron chi connectivity index (χ0n) is 9.71. The summed E-state index contributed by atoms with van der Waals surface area (Å²) in [4.78, 5) is 11.7. The second-order valence-corrected chi connectivity index (χ2v) is 4.33. The monoisotopic (exact) mass is 237 g/mol. The average molecular weight is 237 g/mol. The molecular weight excluding hydrogens is 224 g/mol. The summed E-state index contributed by atoms with van der Waals surface area (Å²) in [6.45, 7) is 3.69. The summed E-state index contributed by atoms with van der Waals surface area (Å²) in [6.07, 6.45) is 0.219. The van der Waals surface area contributed by atoms with E-state index in [9.17, 15) is 13.6 Å². The Hall–Kier alpha value is -1.76. The summed E-state index contributed by atoms with van der Waals surface area (Å²) in [5.74, 6) is -2.86. The Morgan fingerprint density at radius 1 is 1.29 bits per heavy atom. The minimum absolute atomic E-state index is 0.0793. The Morgan fingerprint density at radius 2 is 1.82 bits per heavy atom. The Labute approximate surface area is 98.9 Å². The molecule has 0 fully saturated rings. The average Bonchev–Trinajstić information content (AvgIpc) is 2.15. The minimum atomic E-state index is -1.09. The van der Waals surface area contributed by atoms with Gasteiger partial charge in [-0.15, -0.1) is 0 Å². The predicted octanol–water partition coefficient (Wildman–Crippen LogP) is 3.19. The quantitative estimate of drug-likeness (QED) is 0.806. The maximum Gasteiger partial charge on any atom is 0.154 e. The molecule has 1 aromatic carbocycles. The number of Topliss-reactive ketones (excluding diaryl/α,β-unsaturated/α-hetero) is 1. The van der Waals surface area contributed by atoms with Crippen molar-refractivity contribution in [1.29, 1.82) is 5.26 Å². The van der Waals surface area contributed by atoms with Crippen molar-refractivity contribution in [3.63, 3.8) is 0 Å². The molecule has 17 heavy (non-hydrogen) atoms. The van der Waals surface area contributed by atoms with Crippen molar-refractivity contribution in [2.45, 2.75) is 26.2 Å². The van der Waals surface area contributed by atoms with E-state index in [4.69, 9.17) is 5.26 Å². The highest BCUT2D eigenvalue weighted by atomic mass is 19.1. The fourth-order valence-corrected chi connectivity index (χ4v) is 1.59. The molecule has 0 heterocycles. The molecule has 1 atom stereocenters. The molecule has 0 saturated heterocycles. The van der Waals surface area contributed by atoms with Crippen molar-refractivity contribution in [1.82, 2.24) is 0 Å². The third-order valence-electron chi connectivity index (χ3n) is 2.28. The van der Waals surface area contributed by atoms with Gasteiger partial charge in [0.2, 0.25) is 0 Å². The summed E-state index contributed by atoms with van der Waals surface area (Å²) in [7, 11) is 0. The van der Waals surface area contributed by atoms with Gasteiger partial charge in [-0.3, -0.25) is 4.79 Å². The molecule has 0 aliphatic heterocycles. The Kier molecular flexibility index (Phi) is 4.33. The molecule has 0 radical (unpaired) electrons. The van der Waals surface area contributed by atoms with E-state index in [1.807, 2.05) is 13.8 Å². The Morgan fingerprint density at radius 3 is 2.24 bits per heavy atom. The number of rotatable bonds is 4. The first-order valence-corrected chi connectivity index (χ1v) is 5.32. The summed E-state index contributed by atoms with van der Waals surface area (Å²) >= 11 is 0. The number of hydrogen-bond acceptors (Lipinski definition) is 2. The van der Waals surface area contributed by atoms with Crippen molar-refractivity contribution in [3.05, 3.63) is 35.4 Å². The van der Waals surface area contributed by atoms with E-state index in [2.05, 4.69) is 0 Å². The summed E-state index contributed by atoms with van der Waals surface area (Å²) in [5, 5.41) is 8.93. The first kappa shape index (κ1) is 13.3. The molecule has 90 valence electrons. The van der Waals surface area contributed by atoms with Gasteiger partial charge in [0.15, 0.2) is 5.78 Å². The van der Waals surface area contributed by atoms with Crippen molar-refractivity contribution < 1.29 is 13.6 Å². The van der Waals surface area contributed by atoms with Gasteiger partial charge >= 0.3 is 0 Å². The van der Waals surface area contributed by atoms with E-state index in [0.29, 0.717) is 6.07 Å². The van der Waals surface area contributed by atoms with Gasteiger partial charge in [0.05, 0.1) is 6.07 Å². The van der Waals surface area contributed by atoms with Crippen LogP contribution < -0.4 is 0 Å². The summed E-state index contributed by atoms with van der Waals surface area (Å²) < 4.78 is 26.0. The Bertz CT molecular complexity index is 443. The molecule has 1 unspecified atom stereocenters. The molecule has 0 amide bonds. The van der Waals surface area contributed by atoms with Crippen LogP contribution in [0.3, 0.4) is 0 Å². The first-order valence-electron chi connectivity index (χ1n) is 5.32. The standard InChI is InChI=1S/C13H13F2NO/c1-8(2)3-13(17)12(7-16)9-4-10(14)6-11(15)5-9/h4-6,8,12H,3H2,1-2H3. The van der Waals surface area contributed by atoms with Crippen LogP contribution in [0.4, 0.5) is 8.78 Å². The zero-order valence-corrected chi connectivity index (χ0v) is 9.71. The molecule has 2 nitrogen and oxygen atoms in total. The van der Waals surface area contributed by atoms with Gasteiger partial charge in [0.25, 0.3) is 0 Å². The summed E-state index contributed by atoms with van der Waals surface area (Å²) in [6, 6.07) is 4.55. The summed E-state index contributed by atoms with van der Waals surface area (Å²) in [5.41, 5.74) is 0.0793. The highest BCUT2D eigenvalue weighted by Crippen LogP contribution is 2.21. The van der Waals surface area contributed by atoms with E-state index >= 15 is 0 Å². The smallest absolute Gasteiger partial charge is 0.154 e. The van der Waals surface area contributed by atoms with E-state index in [0.717, 1.165) is 12.1 Å². The van der Waals surface area contributed by atoms with Crippen molar-refractivity contribution in [2.75, 3.05) is 0 Å². The second-order valence-electron chi connectivity index (χ2n) is 4.33. The van der Waals surface area contributed by atoms with E-state index in [1.54, 1.807) is 6.07 Å². The number of halogens is 2. The van der Waals surface area contributed by atoms with Crippen LogP contribution in [0.25, 0.3) is 0 Å². The van der Waals surface area contributed by atoms with Gasteiger partial charge in [0.1, 0.15) is 17.6 Å². The fraction of sp³-hybridized carbons (Fsp3) is 0.385. The SMILES string of the molecule is CC(C)CC(=O)C(C#N)c1cc(F)cc(F)c1. The number of benzene rings is 1. The minimum Gasteiger partial charge on any atom is -0.298 e. The van der Waals surface area contributed by atoms with Crippen LogP contribution >= 0.6 is 0 Å². The van der Waals surface area contributed by atoms with Crippen molar-refractivity contribution >= 4 is 5.78 Å². The van der Waals surface area contributed by atoms with Crippen molar-refractivity contribution in [2.24, 2.45) is 5.92 Å². The van der Waals surface area contributed by atoms with Crippen LogP contribution in [-0.2, 0) is 4.79 Å². The van der Waals surface area contributed by atoms with Gasteiger partial charge < -0.3 is 0 Å². The third-order valence-corrected chi connectivity index (χ3v) is 2.28. The van der Waals surface area contributed by atoms with Gasteiger partial charge in [-0.05, 0) is 23.6 Å².